The van der Waals surface area contributed by atoms with E-state index < -0.39 is 14.9 Å². The van der Waals surface area contributed by atoms with Crippen molar-refractivity contribution < 1.29 is 13.3 Å². The molecule has 2 N–H and O–H groups in total. The SMILES string of the molecule is C=C/C=C\C=C/CSC[C@@H](CCN(C)C)Nc1ccc(S(=O)(=O)Nc2ncnc3cc(N4CCN(Cc5ccccc5-c5ccc(Cl)cc5)CC4)ccc23)cc1[N+](=O)[O-]. The Morgan fingerprint density at radius 2 is 1.76 bits per heavy atom. The number of piperazine rings is 1. The van der Waals surface area contributed by atoms with E-state index in [4.69, 9.17) is 11.6 Å². The van der Waals surface area contributed by atoms with E-state index in [-0.39, 0.29) is 28.1 Å². The molecule has 0 spiro atoms. The van der Waals surface area contributed by atoms with Crippen molar-refractivity contribution in [2.75, 3.05) is 73.3 Å². The first-order chi connectivity index (χ1) is 28.5. The van der Waals surface area contributed by atoms with Gasteiger partial charge in [0.05, 0.1) is 15.3 Å². The van der Waals surface area contributed by atoms with Crippen molar-refractivity contribution in [3.63, 3.8) is 0 Å². The summed E-state index contributed by atoms with van der Waals surface area (Å²) >= 11 is 7.84. The van der Waals surface area contributed by atoms with Crippen molar-refractivity contribution in [1.29, 1.82) is 0 Å². The molecule has 4 aromatic carbocycles. The van der Waals surface area contributed by atoms with E-state index in [0.29, 0.717) is 21.7 Å². The highest BCUT2D eigenvalue weighted by atomic mass is 35.5. The average molecular weight is 854 g/mol. The van der Waals surface area contributed by atoms with E-state index in [0.717, 1.165) is 68.8 Å². The highest BCUT2D eigenvalue weighted by Crippen LogP contribution is 2.32. The zero-order valence-electron chi connectivity index (χ0n) is 33.2. The number of hydrogen-bond acceptors (Lipinski definition) is 11. The molecule has 6 rings (SSSR count). The molecule has 59 heavy (non-hydrogen) atoms. The van der Waals surface area contributed by atoms with Crippen LogP contribution in [0, 0.1) is 10.1 Å². The number of benzene rings is 4. The Labute approximate surface area is 355 Å². The topological polar surface area (TPSA) is 137 Å². The number of allylic oxidation sites excluding steroid dienone is 4. The molecule has 0 amide bonds. The Hall–Kier alpha value is -5.25. The maximum Gasteiger partial charge on any atom is 0.293 e. The number of halogens is 1. The number of sulfonamides is 1. The Morgan fingerprint density at radius 3 is 2.51 bits per heavy atom. The summed E-state index contributed by atoms with van der Waals surface area (Å²) in [5, 5.41) is 16.8. The summed E-state index contributed by atoms with van der Waals surface area (Å²) in [7, 11) is -0.316. The quantitative estimate of drug-likeness (QED) is 0.0357. The molecule has 1 aliphatic rings. The zero-order valence-corrected chi connectivity index (χ0v) is 35.6. The lowest BCUT2D eigenvalue weighted by Crippen LogP contribution is -2.46. The van der Waals surface area contributed by atoms with Crippen molar-refractivity contribution >= 4 is 67.2 Å². The second-order valence-electron chi connectivity index (χ2n) is 14.4. The molecule has 0 bridgehead atoms. The van der Waals surface area contributed by atoms with Gasteiger partial charge in [-0.2, -0.15) is 11.8 Å². The van der Waals surface area contributed by atoms with Gasteiger partial charge in [0.15, 0.2) is 5.82 Å². The molecule has 1 fully saturated rings. The summed E-state index contributed by atoms with van der Waals surface area (Å²) in [4.78, 5) is 27.0. The molecule has 1 saturated heterocycles. The van der Waals surface area contributed by atoms with Crippen LogP contribution in [0.1, 0.15) is 12.0 Å². The summed E-state index contributed by atoms with van der Waals surface area (Å²) in [5.74, 6) is 1.55. The first-order valence-electron chi connectivity index (χ1n) is 19.3. The maximum atomic E-state index is 13.7. The Kier molecular flexibility index (Phi) is 15.2. The van der Waals surface area contributed by atoms with E-state index in [1.165, 1.54) is 29.6 Å². The van der Waals surface area contributed by atoms with E-state index >= 15 is 0 Å². The first kappa shape index (κ1) is 43.3. The molecule has 12 nitrogen and oxygen atoms in total. The van der Waals surface area contributed by atoms with Crippen LogP contribution in [-0.4, -0.2) is 97.5 Å². The predicted octanol–water partition coefficient (Wildman–Crippen LogP) is 8.75. The minimum atomic E-state index is -4.26. The highest BCUT2D eigenvalue weighted by molar-refractivity contribution is 7.99. The number of nitrogens with one attached hydrogen (secondary N) is 2. The normalized spacial score (nSPS) is 14.3. The number of aromatic nitrogens is 2. The smallest absolute Gasteiger partial charge is 0.293 e. The maximum absolute atomic E-state index is 13.7. The predicted molar refractivity (Wildman–Crippen MR) is 244 cm³/mol. The van der Waals surface area contributed by atoms with Gasteiger partial charge >= 0.3 is 0 Å². The fraction of sp³-hybridized carbons (Fsp3) is 0.273. The molecule has 0 aliphatic carbocycles. The van der Waals surface area contributed by atoms with E-state index in [2.05, 4.69) is 77.7 Å². The van der Waals surface area contributed by atoms with E-state index in [9.17, 15) is 18.5 Å². The van der Waals surface area contributed by atoms with Gasteiger partial charge in [-0.1, -0.05) is 85.0 Å². The average Bonchev–Trinajstić information content (AvgIpc) is 3.23. The summed E-state index contributed by atoms with van der Waals surface area (Å²) < 4.78 is 30.0. The summed E-state index contributed by atoms with van der Waals surface area (Å²) in [5.41, 5.74) is 5.07. The van der Waals surface area contributed by atoms with Crippen LogP contribution < -0.4 is 14.9 Å². The van der Waals surface area contributed by atoms with E-state index in [1.54, 1.807) is 17.8 Å². The number of thioether (sulfide) groups is 1. The van der Waals surface area contributed by atoms with Gasteiger partial charge in [-0.05, 0) is 86.2 Å². The molecule has 5 aromatic rings. The Bertz CT molecular complexity index is 2400. The van der Waals surface area contributed by atoms with Crippen molar-refractivity contribution in [2.45, 2.75) is 23.9 Å². The molecule has 2 heterocycles. The third-order valence-electron chi connectivity index (χ3n) is 9.94. The molecule has 15 heteroatoms. The van der Waals surface area contributed by atoms with Crippen molar-refractivity contribution in [2.24, 2.45) is 0 Å². The third-order valence-corrected chi connectivity index (χ3v) is 12.6. The Balaban J connectivity index is 1.11. The second-order valence-corrected chi connectivity index (χ2v) is 17.6. The molecule has 0 unspecified atom stereocenters. The second kappa shape index (κ2) is 20.6. The molecular weight excluding hydrogens is 804 g/mol. The van der Waals surface area contributed by atoms with Crippen LogP contribution in [0.3, 0.4) is 0 Å². The molecule has 1 aliphatic heterocycles. The fourth-order valence-electron chi connectivity index (χ4n) is 6.82. The molecular formula is C44H49ClN8O4S2. The van der Waals surface area contributed by atoms with Gasteiger partial charge in [-0.15, -0.1) is 0 Å². The number of fused-ring (bicyclic) bond motifs is 1. The van der Waals surface area contributed by atoms with Gasteiger partial charge in [0.25, 0.3) is 15.7 Å². The summed E-state index contributed by atoms with van der Waals surface area (Å²) in [6.07, 6.45) is 11.5. The largest absolute Gasteiger partial charge is 0.376 e. The number of hydrogen-bond donors (Lipinski definition) is 2. The molecule has 0 radical (unpaired) electrons. The third kappa shape index (κ3) is 11.9. The lowest BCUT2D eigenvalue weighted by Gasteiger charge is -2.36. The van der Waals surface area contributed by atoms with Crippen molar-refractivity contribution in [1.82, 2.24) is 19.8 Å². The van der Waals surface area contributed by atoms with Crippen LogP contribution in [0.25, 0.3) is 22.0 Å². The zero-order chi connectivity index (χ0) is 41.8. The van der Waals surface area contributed by atoms with E-state index in [1.807, 2.05) is 68.7 Å². The van der Waals surface area contributed by atoms with Gasteiger partial charge in [0.2, 0.25) is 0 Å². The standard InChI is InChI=1S/C44H49ClN8O4S2/c1-4-5-6-7-10-27-58-31-36(21-22-50(2)3)48-41-20-18-38(29-43(41)53(54)55)59(56,57)49-44-40-19-17-37(28-42(40)46-32-47-44)52-25-23-51(24-26-52)30-34-11-8-9-12-39(34)33-13-15-35(45)16-14-33/h4-20,28-29,32,36,48H,1,21-27,30-31H2,2-3H3,(H,46,47,49)/b6-5-,10-7-/t36-/m1/s1. The first-order valence-corrected chi connectivity index (χ1v) is 22.3. The van der Waals surface area contributed by atoms with Crippen LogP contribution in [0.5, 0.6) is 0 Å². The van der Waals surface area contributed by atoms with Crippen LogP contribution >= 0.6 is 23.4 Å². The fourth-order valence-corrected chi connectivity index (χ4v) is 8.91. The minimum absolute atomic E-state index is 0.0883. The lowest BCUT2D eigenvalue weighted by molar-refractivity contribution is -0.384. The van der Waals surface area contributed by atoms with Crippen molar-refractivity contribution in [3.8, 4) is 11.1 Å². The number of nitro benzene ring substituents is 1. The van der Waals surface area contributed by atoms with Crippen LogP contribution in [0.2, 0.25) is 5.02 Å². The van der Waals surface area contributed by atoms with Gasteiger partial charge in [0, 0.05) is 72.4 Å². The number of nitrogens with zero attached hydrogens (tertiary/aromatic N) is 6. The lowest BCUT2D eigenvalue weighted by atomic mass is 9.99. The van der Waals surface area contributed by atoms with Gasteiger partial charge < -0.3 is 15.1 Å². The molecule has 1 atom stereocenters. The van der Waals surface area contributed by atoms with Crippen LogP contribution in [-0.2, 0) is 16.6 Å². The Morgan fingerprint density at radius 1 is 0.983 bits per heavy atom. The number of anilines is 3. The molecule has 308 valence electrons. The van der Waals surface area contributed by atoms with Gasteiger partial charge in [-0.3, -0.25) is 19.7 Å². The minimum Gasteiger partial charge on any atom is -0.376 e. The van der Waals surface area contributed by atoms with Gasteiger partial charge in [0.1, 0.15) is 12.0 Å². The van der Waals surface area contributed by atoms with Crippen LogP contribution in [0.4, 0.5) is 22.9 Å². The highest BCUT2D eigenvalue weighted by Gasteiger charge is 2.25. The number of nitro groups is 1. The van der Waals surface area contributed by atoms with Crippen LogP contribution in [0.15, 0.2) is 133 Å². The number of rotatable bonds is 19. The van der Waals surface area contributed by atoms with Crippen molar-refractivity contribution in [3.05, 3.63) is 149 Å². The molecule has 1 aromatic heterocycles. The summed E-state index contributed by atoms with van der Waals surface area (Å²) in [6, 6.07) is 25.9. The van der Waals surface area contributed by atoms with Gasteiger partial charge in [-0.25, -0.2) is 18.4 Å². The molecule has 0 saturated carbocycles. The summed E-state index contributed by atoms with van der Waals surface area (Å²) in [6.45, 7) is 8.61. The monoisotopic (exact) mass is 852 g/mol.